The van der Waals surface area contributed by atoms with Crippen molar-refractivity contribution in [3.8, 4) is 5.75 Å². The lowest BCUT2D eigenvalue weighted by molar-refractivity contribution is -0.122. The van der Waals surface area contributed by atoms with Gasteiger partial charge in [0.25, 0.3) is 5.91 Å². The molecule has 2 amide bonds. The summed E-state index contributed by atoms with van der Waals surface area (Å²) in [6.07, 6.45) is 0.661. The van der Waals surface area contributed by atoms with Crippen LogP contribution in [0.2, 0.25) is 0 Å². The van der Waals surface area contributed by atoms with Gasteiger partial charge in [-0.25, -0.2) is 9.29 Å². The van der Waals surface area contributed by atoms with E-state index in [9.17, 15) is 14.0 Å². The predicted molar refractivity (Wildman–Crippen MR) is 117 cm³/mol. The van der Waals surface area contributed by atoms with Gasteiger partial charge in [0.15, 0.2) is 5.11 Å². The van der Waals surface area contributed by atoms with Gasteiger partial charge >= 0.3 is 0 Å². The van der Waals surface area contributed by atoms with Crippen LogP contribution in [0.3, 0.4) is 0 Å². The molecule has 0 saturated carbocycles. The number of amides is 2. The Balaban J connectivity index is 1.78. The molecule has 0 spiro atoms. The quantitative estimate of drug-likeness (QED) is 0.540. The molecule has 1 unspecified atom stereocenters. The minimum atomic E-state index is -0.702. The molecule has 0 aliphatic carbocycles. The molecular formula is C22H24FN3O3S. The number of nitrogens with zero attached hydrogens (tertiary/aromatic N) is 2. The first-order valence-corrected chi connectivity index (χ1v) is 10.1. The fraction of sp³-hybridized carbons (Fsp3) is 0.318. The van der Waals surface area contributed by atoms with Crippen molar-refractivity contribution in [3.63, 3.8) is 0 Å². The van der Waals surface area contributed by atoms with E-state index < -0.39 is 11.9 Å². The van der Waals surface area contributed by atoms with Crippen LogP contribution in [0.25, 0.3) is 0 Å². The average Bonchev–Trinajstić information content (AvgIpc) is 3.03. The molecule has 6 nitrogen and oxygen atoms in total. The van der Waals surface area contributed by atoms with Crippen LogP contribution in [0.15, 0.2) is 48.5 Å². The van der Waals surface area contributed by atoms with Crippen molar-refractivity contribution in [2.75, 3.05) is 25.1 Å². The third-order valence-electron chi connectivity index (χ3n) is 4.97. The first-order valence-electron chi connectivity index (χ1n) is 9.74. The number of thiocarbonyl (C=S) groups is 1. The fourth-order valence-electron chi connectivity index (χ4n) is 3.41. The van der Waals surface area contributed by atoms with Crippen LogP contribution in [0, 0.1) is 5.82 Å². The van der Waals surface area contributed by atoms with E-state index in [-0.39, 0.29) is 18.2 Å². The summed E-state index contributed by atoms with van der Waals surface area (Å²) in [6.45, 7) is 2.99. The maximum Gasteiger partial charge on any atom is 0.257 e. The van der Waals surface area contributed by atoms with Crippen LogP contribution in [-0.4, -0.2) is 48.1 Å². The summed E-state index contributed by atoms with van der Waals surface area (Å²) in [5, 5.41) is 3.51. The van der Waals surface area contributed by atoms with Crippen LogP contribution in [0.5, 0.6) is 5.75 Å². The highest BCUT2D eigenvalue weighted by atomic mass is 32.1. The first kappa shape index (κ1) is 21.7. The van der Waals surface area contributed by atoms with E-state index in [2.05, 4.69) is 5.32 Å². The number of nitrogens with one attached hydrogen (secondary N) is 1. The minimum absolute atomic E-state index is 0.0182. The van der Waals surface area contributed by atoms with Crippen molar-refractivity contribution in [1.29, 1.82) is 0 Å². The Labute approximate surface area is 180 Å². The molecule has 3 rings (SSSR count). The summed E-state index contributed by atoms with van der Waals surface area (Å²) >= 11 is 5.49. The van der Waals surface area contributed by atoms with Gasteiger partial charge in [-0.15, -0.1) is 0 Å². The molecule has 1 aliphatic heterocycles. The number of methoxy groups -OCH3 is 1. The van der Waals surface area contributed by atoms with Gasteiger partial charge in [0.05, 0.1) is 19.2 Å². The number of carbonyl (C=O) groups is 2. The second-order valence-corrected chi connectivity index (χ2v) is 7.28. The van der Waals surface area contributed by atoms with Crippen molar-refractivity contribution in [3.05, 3.63) is 59.9 Å². The highest BCUT2D eigenvalue weighted by Crippen LogP contribution is 2.26. The van der Waals surface area contributed by atoms with E-state index in [1.165, 1.54) is 24.3 Å². The Bertz CT molecular complexity index is 918. The third-order valence-corrected chi connectivity index (χ3v) is 5.35. The lowest BCUT2D eigenvalue weighted by Crippen LogP contribution is -2.50. The maximum absolute atomic E-state index is 13.2. The molecule has 0 radical (unpaired) electrons. The molecule has 8 heteroatoms. The van der Waals surface area contributed by atoms with Crippen LogP contribution < -0.4 is 15.0 Å². The fourth-order valence-corrected chi connectivity index (χ4v) is 3.78. The van der Waals surface area contributed by atoms with Crippen LogP contribution in [0.4, 0.5) is 10.1 Å². The number of imide groups is 1. The van der Waals surface area contributed by atoms with Gasteiger partial charge in [0, 0.05) is 13.1 Å². The Morgan fingerprint density at radius 2 is 1.87 bits per heavy atom. The van der Waals surface area contributed by atoms with Gasteiger partial charge in [-0.2, -0.15) is 0 Å². The number of rotatable bonds is 7. The van der Waals surface area contributed by atoms with E-state index in [1.54, 1.807) is 12.0 Å². The molecule has 1 atom stereocenters. The first-order chi connectivity index (χ1) is 14.4. The van der Waals surface area contributed by atoms with Crippen LogP contribution >= 0.6 is 12.2 Å². The summed E-state index contributed by atoms with van der Waals surface area (Å²) in [5.41, 5.74) is 1.42. The molecule has 1 heterocycles. The van der Waals surface area contributed by atoms with Crippen molar-refractivity contribution in [2.24, 2.45) is 0 Å². The van der Waals surface area contributed by atoms with E-state index in [0.717, 1.165) is 16.2 Å². The SMILES string of the molecule is CCNC(=S)N(CCc1ccc(OC)cc1)C1CC(=O)N(c2ccc(F)cc2)C1=O. The van der Waals surface area contributed by atoms with Crippen molar-refractivity contribution < 1.29 is 18.7 Å². The van der Waals surface area contributed by atoms with E-state index in [0.29, 0.717) is 30.3 Å². The molecule has 2 aromatic rings. The monoisotopic (exact) mass is 429 g/mol. The topological polar surface area (TPSA) is 61.9 Å². The molecular weight excluding hydrogens is 405 g/mol. The Morgan fingerprint density at radius 3 is 2.47 bits per heavy atom. The van der Waals surface area contributed by atoms with Gasteiger partial charge in [-0.3, -0.25) is 9.59 Å². The van der Waals surface area contributed by atoms with Gasteiger partial charge in [0.1, 0.15) is 17.6 Å². The number of halogens is 1. The summed E-state index contributed by atoms with van der Waals surface area (Å²) < 4.78 is 18.4. The summed E-state index contributed by atoms with van der Waals surface area (Å²) in [7, 11) is 1.61. The lowest BCUT2D eigenvalue weighted by atomic mass is 10.1. The van der Waals surface area contributed by atoms with Crippen molar-refractivity contribution >= 4 is 34.8 Å². The molecule has 1 aliphatic rings. The van der Waals surface area contributed by atoms with E-state index >= 15 is 0 Å². The molecule has 1 N–H and O–H groups in total. The second kappa shape index (κ2) is 9.67. The summed E-state index contributed by atoms with van der Waals surface area (Å²) in [6, 6.07) is 12.3. The van der Waals surface area contributed by atoms with Crippen molar-refractivity contribution in [1.82, 2.24) is 10.2 Å². The Hall–Kier alpha value is -3.00. The number of hydrogen-bond acceptors (Lipinski definition) is 4. The predicted octanol–water partition coefficient (Wildman–Crippen LogP) is 2.91. The number of carbonyl (C=O) groups excluding carboxylic acids is 2. The highest BCUT2D eigenvalue weighted by Gasteiger charge is 2.43. The highest BCUT2D eigenvalue weighted by molar-refractivity contribution is 7.80. The third kappa shape index (κ3) is 4.76. The molecule has 158 valence electrons. The maximum atomic E-state index is 13.2. The van der Waals surface area contributed by atoms with E-state index in [1.807, 2.05) is 31.2 Å². The number of hydrogen-bond donors (Lipinski definition) is 1. The van der Waals surface area contributed by atoms with Gasteiger partial charge < -0.3 is 15.0 Å². The van der Waals surface area contributed by atoms with Crippen molar-refractivity contribution in [2.45, 2.75) is 25.8 Å². The average molecular weight is 430 g/mol. The zero-order valence-electron chi connectivity index (χ0n) is 16.9. The largest absolute Gasteiger partial charge is 0.497 e. The molecule has 1 fully saturated rings. The molecule has 1 saturated heterocycles. The smallest absolute Gasteiger partial charge is 0.257 e. The second-order valence-electron chi connectivity index (χ2n) is 6.89. The standard InChI is InChI=1S/C22H24FN3O3S/c1-3-24-22(30)25(13-12-15-4-10-18(29-2)11-5-15)19-14-20(27)26(21(19)28)17-8-6-16(23)7-9-17/h4-11,19H,3,12-14H2,1-2H3,(H,24,30). The van der Waals surface area contributed by atoms with Crippen LogP contribution in [0.1, 0.15) is 18.9 Å². The number of ether oxygens (including phenoxy) is 1. The zero-order valence-corrected chi connectivity index (χ0v) is 17.7. The van der Waals surface area contributed by atoms with Gasteiger partial charge in [-0.05, 0) is 67.5 Å². The molecule has 0 bridgehead atoms. The Morgan fingerprint density at radius 1 is 1.20 bits per heavy atom. The Kier molecular flexibility index (Phi) is 6.99. The molecule has 30 heavy (non-hydrogen) atoms. The van der Waals surface area contributed by atoms with Crippen LogP contribution in [-0.2, 0) is 16.0 Å². The molecule has 0 aromatic heterocycles. The zero-order chi connectivity index (χ0) is 21.7. The van der Waals surface area contributed by atoms with Gasteiger partial charge in [0.2, 0.25) is 5.91 Å². The van der Waals surface area contributed by atoms with Gasteiger partial charge in [-0.1, -0.05) is 12.1 Å². The number of benzene rings is 2. The normalized spacial score (nSPS) is 16.0. The minimum Gasteiger partial charge on any atom is -0.497 e. The molecule has 2 aromatic carbocycles. The lowest BCUT2D eigenvalue weighted by Gasteiger charge is -2.30. The summed E-state index contributed by atoms with van der Waals surface area (Å²) in [4.78, 5) is 28.6. The summed E-state index contributed by atoms with van der Waals surface area (Å²) in [5.74, 6) is -0.346. The number of anilines is 1. The van der Waals surface area contributed by atoms with E-state index in [4.69, 9.17) is 17.0 Å².